The Morgan fingerprint density at radius 3 is 3.06 bits per heavy atom. The third-order valence-electron chi connectivity index (χ3n) is 2.80. The number of aliphatic hydroxyl groups excluding tert-OH is 1. The Bertz CT molecular complexity index is 348. The molecule has 2 unspecified atom stereocenters. The molecule has 2 heterocycles. The van der Waals surface area contributed by atoms with Crippen molar-refractivity contribution >= 4 is 0 Å². The van der Waals surface area contributed by atoms with E-state index in [1.165, 1.54) is 12.3 Å². The number of aromatic nitrogens is 1. The SMILES string of the molecule is OC1CNCC1CNCc1cncc(F)c1. The van der Waals surface area contributed by atoms with E-state index in [1.54, 1.807) is 6.20 Å². The first-order valence-electron chi connectivity index (χ1n) is 5.44. The molecule has 0 spiro atoms. The van der Waals surface area contributed by atoms with Crippen LogP contribution in [0.25, 0.3) is 0 Å². The number of pyridine rings is 1. The van der Waals surface area contributed by atoms with Gasteiger partial charge in [0.25, 0.3) is 0 Å². The predicted octanol–water partition coefficient (Wildman–Crippen LogP) is -0.109. The van der Waals surface area contributed by atoms with Gasteiger partial charge in [-0.15, -0.1) is 0 Å². The Morgan fingerprint density at radius 2 is 2.38 bits per heavy atom. The van der Waals surface area contributed by atoms with Crippen LogP contribution in [-0.2, 0) is 6.54 Å². The summed E-state index contributed by atoms with van der Waals surface area (Å²) in [6.07, 6.45) is 2.55. The van der Waals surface area contributed by atoms with E-state index in [0.717, 1.165) is 18.7 Å². The first kappa shape index (κ1) is 11.4. The van der Waals surface area contributed by atoms with Gasteiger partial charge in [-0.25, -0.2) is 4.39 Å². The molecule has 2 atom stereocenters. The molecule has 16 heavy (non-hydrogen) atoms. The molecule has 3 N–H and O–H groups in total. The van der Waals surface area contributed by atoms with Gasteiger partial charge in [0, 0.05) is 38.3 Å². The van der Waals surface area contributed by atoms with E-state index >= 15 is 0 Å². The second kappa shape index (κ2) is 5.34. The fourth-order valence-corrected chi connectivity index (χ4v) is 1.88. The van der Waals surface area contributed by atoms with Crippen LogP contribution in [0.3, 0.4) is 0 Å². The molecule has 1 fully saturated rings. The van der Waals surface area contributed by atoms with E-state index in [1.807, 2.05) is 0 Å². The molecule has 0 bridgehead atoms. The molecule has 0 radical (unpaired) electrons. The molecule has 0 saturated carbocycles. The molecule has 4 nitrogen and oxygen atoms in total. The van der Waals surface area contributed by atoms with Crippen LogP contribution in [0.4, 0.5) is 4.39 Å². The maximum Gasteiger partial charge on any atom is 0.141 e. The summed E-state index contributed by atoms with van der Waals surface area (Å²) < 4.78 is 12.8. The molecule has 1 aliphatic heterocycles. The molecule has 2 rings (SSSR count). The van der Waals surface area contributed by atoms with Crippen LogP contribution in [-0.4, -0.2) is 35.8 Å². The molecular weight excluding hydrogens is 209 g/mol. The summed E-state index contributed by atoms with van der Waals surface area (Å²) in [7, 11) is 0. The number of β-amino-alcohol motifs (C(OH)–C–C–N with tert-alkyl or cyclic N) is 1. The van der Waals surface area contributed by atoms with Crippen LogP contribution in [0, 0.1) is 11.7 Å². The van der Waals surface area contributed by atoms with Gasteiger partial charge < -0.3 is 15.7 Å². The second-order valence-corrected chi connectivity index (χ2v) is 4.13. The molecule has 1 aromatic heterocycles. The lowest BCUT2D eigenvalue weighted by Gasteiger charge is -2.13. The zero-order chi connectivity index (χ0) is 11.4. The van der Waals surface area contributed by atoms with E-state index in [2.05, 4.69) is 15.6 Å². The molecule has 1 saturated heterocycles. The van der Waals surface area contributed by atoms with Gasteiger partial charge in [0.15, 0.2) is 0 Å². The summed E-state index contributed by atoms with van der Waals surface area (Å²) in [5.41, 5.74) is 0.820. The zero-order valence-electron chi connectivity index (χ0n) is 8.99. The highest BCUT2D eigenvalue weighted by atomic mass is 19.1. The summed E-state index contributed by atoms with van der Waals surface area (Å²) in [6, 6.07) is 1.46. The van der Waals surface area contributed by atoms with E-state index < -0.39 is 0 Å². The minimum Gasteiger partial charge on any atom is -0.391 e. The Labute approximate surface area is 93.9 Å². The summed E-state index contributed by atoms with van der Waals surface area (Å²) in [4.78, 5) is 3.77. The third kappa shape index (κ3) is 2.98. The van der Waals surface area contributed by atoms with Gasteiger partial charge in [-0.3, -0.25) is 4.98 Å². The standard InChI is InChI=1S/C11H16FN3O/c12-10-1-8(3-14-6-10)2-13-4-9-5-15-7-11(9)16/h1,3,6,9,11,13,15-16H,2,4-5,7H2. The normalized spacial score (nSPS) is 24.9. The van der Waals surface area contributed by atoms with Crippen LogP contribution in [0.2, 0.25) is 0 Å². The van der Waals surface area contributed by atoms with E-state index in [4.69, 9.17) is 0 Å². The monoisotopic (exact) mass is 225 g/mol. The number of hydrogen-bond acceptors (Lipinski definition) is 4. The molecule has 88 valence electrons. The summed E-state index contributed by atoms with van der Waals surface area (Å²) >= 11 is 0. The number of halogens is 1. The Hall–Kier alpha value is -1.04. The van der Waals surface area contributed by atoms with Crippen molar-refractivity contribution in [1.82, 2.24) is 15.6 Å². The maximum atomic E-state index is 12.8. The van der Waals surface area contributed by atoms with Gasteiger partial charge in [0.2, 0.25) is 0 Å². The highest BCUT2D eigenvalue weighted by Gasteiger charge is 2.23. The average Bonchev–Trinajstić information content (AvgIpc) is 2.65. The van der Waals surface area contributed by atoms with Gasteiger partial charge in [-0.1, -0.05) is 0 Å². The van der Waals surface area contributed by atoms with Crippen molar-refractivity contribution in [2.24, 2.45) is 5.92 Å². The fourth-order valence-electron chi connectivity index (χ4n) is 1.88. The van der Waals surface area contributed by atoms with Crippen LogP contribution in [0.5, 0.6) is 0 Å². The van der Waals surface area contributed by atoms with Crippen LogP contribution >= 0.6 is 0 Å². The zero-order valence-corrected chi connectivity index (χ0v) is 8.99. The number of aliphatic hydroxyl groups is 1. The quantitative estimate of drug-likeness (QED) is 0.669. The van der Waals surface area contributed by atoms with E-state index in [0.29, 0.717) is 13.1 Å². The number of nitrogens with zero attached hydrogens (tertiary/aromatic N) is 1. The molecular formula is C11H16FN3O. The summed E-state index contributed by atoms with van der Waals surface area (Å²) in [6.45, 7) is 2.79. The van der Waals surface area contributed by atoms with Crippen LogP contribution < -0.4 is 10.6 Å². The van der Waals surface area contributed by atoms with Crippen molar-refractivity contribution in [2.75, 3.05) is 19.6 Å². The maximum absolute atomic E-state index is 12.8. The molecule has 1 aromatic rings. The Balaban J connectivity index is 1.75. The Kier molecular flexibility index (Phi) is 3.82. The van der Waals surface area contributed by atoms with Crippen molar-refractivity contribution in [1.29, 1.82) is 0 Å². The summed E-state index contributed by atoms with van der Waals surface area (Å²) in [5.74, 6) is -0.0802. The van der Waals surface area contributed by atoms with Gasteiger partial charge in [-0.05, 0) is 11.6 Å². The van der Waals surface area contributed by atoms with E-state index in [-0.39, 0.29) is 17.8 Å². The predicted molar refractivity (Wildman–Crippen MR) is 58.3 cm³/mol. The molecule has 1 aliphatic rings. The van der Waals surface area contributed by atoms with Crippen molar-refractivity contribution < 1.29 is 9.50 Å². The molecule has 0 aliphatic carbocycles. The van der Waals surface area contributed by atoms with Gasteiger partial charge in [0.05, 0.1) is 12.3 Å². The largest absolute Gasteiger partial charge is 0.391 e. The van der Waals surface area contributed by atoms with Crippen molar-refractivity contribution in [2.45, 2.75) is 12.6 Å². The first-order chi connectivity index (χ1) is 7.75. The van der Waals surface area contributed by atoms with Crippen molar-refractivity contribution in [3.8, 4) is 0 Å². The lowest BCUT2D eigenvalue weighted by atomic mass is 10.1. The summed E-state index contributed by atoms with van der Waals surface area (Å²) in [5, 5.41) is 15.9. The minimum absolute atomic E-state index is 0.238. The Morgan fingerprint density at radius 1 is 1.50 bits per heavy atom. The molecule has 0 amide bonds. The fraction of sp³-hybridized carbons (Fsp3) is 0.545. The highest BCUT2D eigenvalue weighted by molar-refractivity contribution is 5.09. The third-order valence-corrected chi connectivity index (χ3v) is 2.80. The van der Waals surface area contributed by atoms with Crippen molar-refractivity contribution in [3.05, 3.63) is 29.8 Å². The topological polar surface area (TPSA) is 57.2 Å². The first-order valence-corrected chi connectivity index (χ1v) is 5.44. The molecule has 5 heteroatoms. The van der Waals surface area contributed by atoms with Crippen LogP contribution in [0.15, 0.2) is 18.5 Å². The minimum atomic E-state index is -0.318. The smallest absolute Gasteiger partial charge is 0.141 e. The number of rotatable bonds is 4. The van der Waals surface area contributed by atoms with Gasteiger partial charge in [-0.2, -0.15) is 0 Å². The van der Waals surface area contributed by atoms with Crippen LogP contribution in [0.1, 0.15) is 5.56 Å². The second-order valence-electron chi connectivity index (χ2n) is 4.13. The van der Waals surface area contributed by atoms with Crippen molar-refractivity contribution in [3.63, 3.8) is 0 Å². The number of hydrogen-bond donors (Lipinski definition) is 3. The molecule has 0 aromatic carbocycles. The van der Waals surface area contributed by atoms with Gasteiger partial charge in [0.1, 0.15) is 5.82 Å². The lowest BCUT2D eigenvalue weighted by Crippen LogP contribution is -2.30. The van der Waals surface area contributed by atoms with Gasteiger partial charge >= 0.3 is 0 Å². The number of nitrogens with one attached hydrogen (secondary N) is 2. The highest BCUT2D eigenvalue weighted by Crippen LogP contribution is 2.07. The van der Waals surface area contributed by atoms with E-state index in [9.17, 15) is 9.50 Å². The average molecular weight is 225 g/mol. The lowest BCUT2D eigenvalue weighted by molar-refractivity contribution is 0.146.